The van der Waals surface area contributed by atoms with Gasteiger partial charge in [-0.05, 0) is 26.3 Å². The maximum absolute atomic E-state index is 5.91. The highest BCUT2D eigenvalue weighted by Crippen LogP contribution is 2.41. The van der Waals surface area contributed by atoms with E-state index in [1.165, 1.54) is 25.7 Å². The monoisotopic (exact) mass is 222 g/mol. The van der Waals surface area contributed by atoms with Gasteiger partial charge in [0.25, 0.3) is 0 Å². The van der Waals surface area contributed by atoms with Crippen molar-refractivity contribution in [3.8, 4) is 0 Å². The molecule has 1 unspecified atom stereocenters. The van der Waals surface area contributed by atoms with Crippen LogP contribution in [0.4, 0.5) is 0 Å². The molecule has 1 atom stereocenters. The first kappa shape index (κ1) is 11.6. The topological polar surface area (TPSA) is 38.1 Å². The summed E-state index contributed by atoms with van der Waals surface area (Å²) in [6.45, 7) is 7.42. The zero-order valence-electron chi connectivity index (χ0n) is 10.5. The number of nitrogens with one attached hydrogen (secondary N) is 1. The molecule has 3 heteroatoms. The molecule has 1 fully saturated rings. The quantitative estimate of drug-likeness (QED) is 0.850. The van der Waals surface area contributed by atoms with Gasteiger partial charge in [-0.3, -0.25) is 0 Å². The van der Waals surface area contributed by atoms with E-state index < -0.39 is 0 Å². The van der Waals surface area contributed by atoms with Gasteiger partial charge in [-0.2, -0.15) is 0 Å². The fourth-order valence-electron chi connectivity index (χ4n) is 2.56. The Morgan fingerprint density at radius 1 is 1.50 bits per heavy atom. The summed E-state index contributed by atoms with van der Waals surface area (Å²) in [5.41, 5.74) is 0.233. The van der Waals surface area contributed by atoms with Crippen molar-refractivity contribution in [2.45, 2.75) is 57.9 Å². The summed E-state index contributed by atoms with van der Waals surface area (Å²) in [5, 5.41) is 3.32. The molecule has 1 saturated carbocycles. The molecule has 0 aromatic carbocycles. The zero-order valence-corrected chi connectivity index (χ0v) is 10.5. The van der Waals surface area contributed by atoms with E-state index in [0.717, 1.165) is 18.2 Å². The molecule has 0 spiro atoms. The maximum atomic E-state index is 5.91. The molecule has 0 radical (unpaired) electrons. The van der Waals surface area contributed by atoms with Gasteiger partial charge in [0, 0.05) is 5.41 Å². The number of oxazole rings is 1. The van der Waals surface area contributed by atoms with E-state index >= 15 is 0 Å². The van der Waals surface area contributed by atoms with Gasteiger partial charge in [0.2, 0.25) is 5.89 Å². The predicted octanol–water partition coefficient (Wildman–Crippen LogP) is 3.18. The van der Waals surface area contributed by atoms with Crippen molar-refractivity contribution in [3.05, 3.63) is 17.8 Å². The third kappa shape index (κ3) is 2.14. The molecular formula is C13H22N2O. The summed E-state index contributed by atoms with van der Waals surface area (Å²) in [4.78, 5) is 4.40. The van der Waals surface area contributed by atoms with Gasteiger partial charge in [-0.15, -0.1) is 0 Å². The van der Waals surface area contributed by atoms with Crippen molar-refractivity contribution in [1.82, 2.24) is 10.3 Å². The fourth-order valence-corrected chi connectivity index (χ4v) is 2.56. The van der Waals surface area contributed by atoms with Crippen LogP contribution >= 0.6 is 0 Å². The summed E-state index contributed by atoms with van der Waals surface area (Å²) in [5.74, 6) is 1.90. The van der Waals surface area contributed by atoms with Crippen LogP contribution < -0.4 is 5.32 Å². The van der Waals surface area contributed by atoms with Crippen LogP contribution in [0.25, 0.3) is 0 Å². The smallest absolute Gasteiger partial charge is 0.211 e. The minimum absolute atomic E-state index is 0.212. The second kappa shape index (κ2) is 4.58. The van der Waals surface area contributed by atoms with Gasteiger partial charge in [0.15, 0.2) is 0 Å². The van der Waals surface area contributed by atoms with Crippen LogP contribution in [0, 0.1) is 0 Å². The molecule has 1 N–H and O–H groups in total. The summed E-state index contributed by atoms with van der Waals surface area (Å²) in [6.07, 6.45) is 7.02. The van der Waals surface area contributed by atoms with Crippen LogP contribution in [-0.2, 0) is 5.41 Å². The summed E-state index contributed by atoms with van der Waals surface area (Å²) in [7, 11) is 0. The van der Waals surface area contributed by atoms with E-state index in [9.17, 15) is 0 Å². The van der Waals surface area contributed by atoms with Gasteiger partial charge < -0.3 is 9.73 Å². The van der Waals surface area contributed by atoms with Crippen molar-refractivity contribution in [2.24, 2.45) is 0 Å². The van der Waals surface area contributed by atoms with Crippen LogP contribution in [0.1, 0.15) is 64.1 Å². The molecule has 1 heterocycles. The Hall–Kier alpha value is -0.830. The highest BCUT2D eigenvalue weighted by Gasteiger charge is 2.34. The summed E-state index contributed by atoms with van der Waals surface area (Å²) >= 11 is 0. The molecule has 16 heavy (non-hydrogen) atoms. The second-order valence-corrected chi connectivity index (χ2v) is 5.11. The van der Waals surface area contributed by atoms with Crippen LogP contribution in [0.2, 0.25) is 0 Å². The molecule has 0 bridgehead atoms. The second-order valence-electron chi connectivity index (χ2n) is 5.11. The van der Waals surface area contributed by atoms with E-state index in [4.69, 9.17) is 4.42 Å². The van der Waals surface area contributed by atoms with Crippen LogP contribution in [-0.4, -0.2) is 11.5 Å². The molecule has 1 aromatic heterocycles. The van der Waals surface area contributed by atoms with Gasteiger partial charge >= 0.3 is 0 Å². The molecule has 90 valence electrons. The first-order valence-corrected chi connectivity index (χ1v) is 6.35. The third-order valence-electron chi connectivity index (χ3n) is 3.71. The van der Waals surface area contributed by atoms with E-state index in [2.05, 4.69) is 31.1 Å². The standard InChI is InChI=1S/C13H22N2O/c1-4-14-10(2)12-15-9-11(16-12)13(3)7-5-6-8-13/h9-10,14H,4-8H2,1-3H3. The van der Waals surface area contributed by atoms with Crippen molar-refractivity contribution >= 4 is 0 Å². The normalized spacial score (nSPS) is 21.2. The molecule has 0 saturated heterocycles. The van der Waals surface area contributed by atoms with Crippen LogP contribution in [0.15, 0.2) is 10.6 Å². The highest BCUT2D eigenvalue weighted by molar-refractivity contribution is 5.12. The zero-order chi connectivity index (χ0) is 11.6. The molecule has 1 aliphatic carbocycles. The summed E-state index contributed by atoms with van der Waals surface area (Å²) in [6, 6.07) is 0.212. The van der Waals surface area contributed by atoms with Crippen LogP contribution in [0.3, 0.4) is 0 Å². The van der Waals surface area contributed by atoms with E-state index in [1.807, 2.05) is 6.20 Å². The van der Waals surface area contributed by atoms with E-state index in [-0.39, 0.29) is 11.5 Å². The maximum Gasteiger partial charge on any atom is 0.211 e. The third-order valence-corrected chi connectivity index (χ3v) is 3.71. The lowest BCUT2D eigenvalue weighted by Crippen LogP contribution is -2.18. The number of nitrogens with zero attached hydrogens (tertiary/aromatic N) is 1. The number of rotatable bonds is 4. The Morgan fingerprint density at radius 2 is 2.19 bits per heavy atom. The Kier molecular flexibility index (Phi) is 3.33. The molecule has 2 rings (SSSR count). The average molecular weight is 222 g/mol. The number of hydrogen-bond acceptors (Lipinski definition) is 3. The Balaban J connectivity index is 2.12. The highest BCUT2D eigenvalue weighted by atomic mass is 16.4. The van der Waals surface area contributed by atoms with E-state index in [0.29, 0.717) is 0 Å². The van der Waals surface area contributed by atoms with E-state index in [1.54, 1.807) is 0 Å². The lowest BCUT2D eigenvalue weighted by atomic mass is 9.87. The predicted molar refractivity (Wildman–Crippen MR) is 64.4 cm³/mol. The first-order chi connectivity index (χ1) is 7.65. The van der Waals surface area contributed by atoms with Crippen molar-refractivity contribution in [3.63, 3.8) is 0 Å². The summed E-state index contributed by atoms with van der Waals surface area (Å²) < 4.78 is 5.91. The van der Waals surface area contributed by atoms with Crippen LogP contribution in [0.5, 0.6) is 0 Å². The molecular weight excluding hydrogens is 200 g/mol. The molecule has 0 aliphatic heterocycles. The fraction of sp³-hybridized carbons (Fsp3) is 0.769. The first-order valence-electron chi connectivity index (χ1n) is 6.35. The number of aromatic nitrogens is 1. The minimum atomic E-state index is 0.212. The van der Waals surface area contributed by atoms with Crippen molar-refractivity contribution in [1.29, 1.82) is 0 Å². The number of hydrogen-bond donors (Lipinski definition) is 1. The molecule has 1 aliphatic rings. The Bertz CT molecular complexity index is 339. The molecule has 0 amide bonds. The average Bonchev–Trinajstić information content (AvgIpc) is 2.86. The van der Waals surface area contributed by atoms with Gasteiger partial charge in [-0.25, -0.2) is 4.98 Å². The van der Waals surface area contributed by atoms with Gasteiger partial charge in [0.05, 0.1) is 12.2 Å². The largest absolute Gasteiger partial charge is 0.443 e. The van der Waals surface area contributed by atoms with Crippen molar-refractivity contribution in [2.75, 3.05) is 6.54 Å². The molecule has 1 aromatic rings. The lowest BCUT2D eigenvalue weighted by molar-refractivity contribution is 0.329. The SMILES string of the molecule is CCNC(C)c1ncc(C2(C)CCCC2)o1. The Morgan fingerprint density at radius 3 is 2.81 bits per heavy atom. The van der Waals surface area contributed by atoms with Crippen molar-refractivity contribution < 1.29 is 4.42 Å². The van der Waals surface area contributed by atoms with Gasteiger partial charge in [-0.1, -0.05) is 26.7 Å². The Labute approximate surface area is 97.6 Å². The van der Waals surface area contributed by atoms with Gasteiger partial charge in [0.1, 0.15) is 5.76 Å². The lowest BCUT2D eigenvalue weighted by Gasteiger charge is -2.19. The molecule has 3 nitrogen and oxygen atoms in total. The minimum Gasteiger partial charge on any atom is -0.443 e.